The molecule has 13 aromatic carbocycles. The van der Waals surface area contributed by atoms with Crippen LogP contribution in [0.2, 0.25) is 0 Å². The third kappa shape index (κ3) is 1.61. The quantitative estimate of drug-likeness (QED) is 0.194. The third-order valence-corrected chi connectivity index (χ3v) is 14.9. The molecule has 0 amide bonds. The van der Waals surface area contributed by atoms with Crippen molar-refractivity contribution in [2.75, 3.05) is 0 Å². The van der Waals surface area contributed by atoms with Gasteiger partial charge in [-0.2, -0.15) is 0 Å². The summed E-state index contributed by atoms with van der Waals surface area (Å²) >= 11 is 0. The minimum Gasteiger partial charge on any atom is -0.478 e. The van der Waals surface area contributed by atoms with Crippen LogP contribution in [0.1, 0.15) is 38.5 Å². The van der Waals surface area contributed by atoms with Gasteiger partial charge in [0, 0.05) is 5.92 Å². The molecule has 0 radical (unpaired) electrons. The number of carboxylic acids is 1. The normalized spacial score (nSPS) is 20.8. The Morgan fingerprint density at radius 3 is 1.70 bits per heavy atom. The van der Waals surface area contributed by atoms with E-state index in [0.29, 0.717) is 5.56 Å². The van der Waals surface area contributed by atoms with Gasteiger partial charge in [0.15, 0.2) is 0 Å². The van der Waals surface area contributed by atoms with Crippen LogP contribution in [0.3, 0.4) is 0 Å². The minimum absolute atomic E-state index is 0.000476. The van der Waals surface area contributed by atoms with E-state index in [1.165, 1.54) is 151 Å². The molecule has 4 aliphatic carbocycles. The van der Waals surface area contributed by atoms with Crippen molar-refractivity contribution in [1.82, 2.24) is 0 Å². The topological polar surface area (TPSA) is 37.3 Å². The predicted octanol–water partition coefficient (Wildman–Crippen LogP) is 10.2. The van der Waals surface area contributed by atoms with Gasteiger partial charge in [0.05, 0.1) is 11.0 Å². The molecule has 222 valence electrons. The van der Waals surface area contributed by atoms with E-state index in [4.69, 9.17) is 0 Å². The molecule has 2 heteroatoms. The van der Waals surface area contributed by atoms with E-state index in [-0.39, 0.29) is 5.92 Å². The van der Waals surface area contributed by atoms with Gasteiger partial charge in [0.25, 0.3) is 0 Å². The Balaban J connectivity index is 1.37. The second-order valence-corrected chi connectivity index (χ2v) is 16.2. The first kappa shape index (κ1) is 22.4. The molecule has 2 nitrogen and oxygen atoms in total. The molecule has 0 heterocycles. The standard InChI is InChI=1S/C48H18O2/c1-15-2-12-27(25(14-15)47(49)50)48-26-13-11-23-22-8-7-19-18-4-3-16-17-5-6-20-21-9-10-24(26)35-34(21)38-31(20)30(17)36-28(16)29(18)37-32(19)33(22)43(45(23)48)42-40(37)39(36)41(38)44(42)46(35)48/h2-14,45H,1H3,(H,49,50). The number of allylic oxidation sites excluding steroid dienone is 2. The molecule has 50 heavy (non-hydrogen) atoms. The first-order chi connectivity index (χ1) is 24.6. The third-order valence-electron chi connectivity index (χ3n) is 14.9. The fraction of sp³-hybridized carbons (Fsp3) is 0.0625. The van der Waals surface area contributed by atoms with Crippen molar-refractivity contribution in [2.45, 2.75) is 18.3 Å². The molecule has 0 spiro atoms. The van der Waals surface area contributed by atoms with Crippen LogP contribution >= 0.6 is 0 Å². The lowest BCUT2D eigenvalue weighted by Crippen LogP contribution is -2.40. The zero-order valence-corrected chi connectivity index (χ0v) is 26.4. The molecule has 0 aromatic heterocycles. The van der Waals surface area contributed by atoms with Crippen LogP contribution in [-0.2, 0) is 5.41 Å². The van der Waals surface area contributed by atoms with E-state index in [1.54, 1.807) is 0 Å². The van der Waals surface area contributed by atoms with Crippen molar-refractivity contribution in [3.05, 3.63) is 117 Å². The van der Waals surface area contributed by atoms with Gasteiger partial charge >= 0.3 is 5.97 Å². The summed E-state index contributed by atoms with van der Waals surface area (Å²) in [5, 5.41) is 44.9. The largest absolute Gasteiger partial charge is 0.478 e. The number of rotatable bonds is 2. The number of hydrogen-bond acceptors (Lipinski definition) is 1. The highest BCUT2D eigenvalue weighted by Crippen LogP contribution is 2.73. The number of hydrogen-bond donors (Lipinski definition) is 1. The number of aromatic carboxylic acids is 1. The predicted molar refractivity (Wildman–Crippen MR) is 205 cm³/mol. The lowest BCUT2D eigenvalue weighted by molar-refractivity contribution is 0.0694. The summed E-state index contributed by atoms with van der Waals surface area (Å²) in [6.07, 6.45) is 4.79. The molecule has 1 N–H and O–H groups in total. The highest BCUT2D eigenvalue weighted by molar-refractivity contribution is 6.64. The first-order valence-electron chi connectivity index (χ1n) is 17.8. The van der Waals surface area contributed by atoms with E-state index in [9.17, 15) is 9.90 Å². The van der Waals surface area contributed by atoms with Gasteiger partial charge in [-0.15, -0.1) is 0 Å². The Kier molecular flexibility index (Phi) is 2.67. The zero-order chi connectivity index (χ0) is 31.7. The summed E-state index contributed by atoms with van der Waals surface area (Å²) in [5.41, 5.74) is 7.16. The molecule has 2 atom stereocenters. The average molecular weight is 627 g/mol. The van der Waals surface area contributed by atoms with Crippen molar-refractivity contribution in [3.63, 3.8) is 0 Å². The molecule has 2 unspecified atom stereocenters. The van der Waals surface area contributed by atoms with Crippen molar-refractivity contribution >= 4 is 136 Å². The first-order valence-corrected chi connectivity index (χ1v) is 17.8. The number of benzene rings is 9. The molecule has 0 saturated heterocycles. The molecule has 0 aliphatic heterocycles. The van der Waals surface area contributed by atoms with Crippen molar-refractivity contribution < 1.29 is 9.90 Å². The maximum atomic E-state index is 13.4. The summed E-state index contributed by atoms with van der Waals surface area (Å²) in [7, 11) is 0. The van der Waals surface area contributed by atoms with E-state index in [1.807, 2.05) is 13.0 Å². The Morgan fingerprint density at radius 2 is 1.06 bits per heavy atom. The second-order valence-electron chi connectivity index (χ2n) is 16.2. The van der Waals surface area contributed by atoms with Crippen LogP contribution in [0.25, 0.3) is 130 Å². The lowest BCUT2D eigenvalue weighted by Gasteiger charge is -2.46. The van der Waals surface area contributed by atoms with Gasteiger partial charge in [-0.05, 0) is 170 Å². The highest BCUT2D eigenvalue weighted by Gasteiger charge is 2.59. The minimum atomic E-state index is -0.844. The number of fused-ring (bicyclic) bond motifs is 3. The second kappa shape index (κ2) is 5.97. The van der Waals surface area contributed by atoms with E-state index in [2.05, 4.69) is 72.8 Å². The summed E-state index contributed by atoms with van der Waals surface area (Å²) in [6, 6.07) is 25.5. The van der Waals surface area contributed by atoms with Gasteiger partial charge in [0.2, 0.25) is 0 Å². The monoisotopic (exact) mass is 626 g/mol. The van der Waals surface area contributed by atoms with Crippen molar-refractivity contribution in [1.29, 1.82) is 0 Å². The fourth-order valence-corrected chi connectivity index (χ4v) is 13.9. The zero-order valence-electron chi connectivity index (χ0n) is 26.4. The summed E-state index contributed by atoms with van der Waals surface area (Å²) < 4.78 is 0. The summed E-state index contributed by atoms with van der Waals surface area (Å²) in [4.78, 5) is 13.4. The lowest BCUT2D eigenvalue weighted by atomic mass is 9.54. The molecule has 0 bridgehead atoms. The molecule has 13 aromatic rings. The van der Waals surface area contributed by atoms with Crippen LogP contribution < -0.4 is 10.4 Å². The van der Waals surface area contributed by atoms with Gasteiger partial charge in [-0.3, -0.25) is 0 Å². The Labute approximate surface area is 280 Å². The Bertz CT molecular complexity index is 4070. The molecular formula is C48H18O2. The SMILES string of the molecule is Cc1ccc(C23C4=c5ccc6c7ccc8c9ccc%10c%11ccc%12c%13c(c%14c%15c2c5c6c2c7c8c5c9c%10c(c%13%11)c%14c5c%152)C3C=%12C=C4)c(C(=O)O)c1. The van der Waals surface area contributed by atoms with E-state index in [0.717, 1.165) is 11.1 Å². The molecular weight excluding hydrogens is 609 g/mol. The number of carboxylic acid groups (broad SMARTS) is 1. The summed E-state index contributed by atoms with van der Waals surface area (Å²) in [6.45, 7) is 2.02. The number of carbonyl (C=O) groups is 1. The van der Waals surface area contributed by atoms with Crippen LogP contribution in [0.15, 0.2) is 78.9 Å². The fourth-order valence-electron chi connectivity index (χ4n) is 13.9. The van der Waals surface area contributed by atoms with Crippen LogP contribution in [0.4, 0.5) is 0 Å². The average Bonchev–Trinajstić information content (AvgIpc) is 3.94. The van der Waals surface area contributed by atoms with Gasteiger partial charge in [0.1, 0.15) is 0 Å². The van der Waals surface area contributed by atoms with Crippen LogP contribution in [0.5, 0.6) is 0 Å². The van der Waals surface area contributed by atoms with E-state index >= 15 is 0 Å². The van der Waals surface area contributed by atoms with Crippen molar-refractivity contribution in [2.24, 2.45) is 0 Å². The smallest absolute Gasteiger partial charge is 0.336 e. The molecule has 4 aliphatic rings. The summed E-state index contributed by atoms with van der Waals surface area (Å²) in [5.74, 6) is -0.844. The Morgan fingerprint density at radius 1 is 0.540 bits per heavy atom. The highest BCUT2D eigenvalue weighted by atomic mass is 16.4. The number of aryl methyl sites for hydroxylation is 1. The van der Waals surface area contributed by atoms with Crippen LogP contribution in [-0.4, -0.2) is 11.1 Å². The molecule has 17 rings (SSSR count). The van der Waals surface area contributed by atoms with Crippen LogP contribution in [0, 0.1) is 6.92 Å². The Hall–Kier alpha value is -6.25. The van der Waals surface area contributed by atoms with Gasteiger partial charge in [-0.25, -0.2) is 4.79 Å². The maximum Gasteiger partial charge on any atom is 0.336 e. The molecule has 0 saturated carbocycles. The molecule has 0 fully saturated rings. The van der Waals surface area contributed by atoms with Gasteiger partial charge in [-0.1, -0.05) is 78.4 Å². The van der Waals surface area contributed by atoms with E-state index < -0.39 is 11.4 Å². The maximum absolute atomic E-state index is 13.4. The van der Waals surface area contributed by atoms with Crippen molar-refractivity contribution in [3.8, 4) is 0 Å². The van der Waals surface area contributed by atoms with Gasteiger partial charge < -0.3 is 5.11 Å².